The Bertz CT molecular complexity index is 1140. The maximum atomic E-state index is 13.3. The van der Waals surface area contributed by atoms with E-state index >= 15 is 0 Å². The van der Waals surface area contributed by atoms with E-state index in [1.54, 1.807) is 36.4 Å². The fraction of sp³-hybridized carbons (Fsp3) is 0.333. The summed E-state index contributed by atoms with van der Waals surface area (Å²) < 4.78 is 20.2. The fourth-order valence-corrected chi connectivity index (χ4v) is 3.76. The number of carboxylic acid groups (broad SMARTS) is 1. The van der Waals surface area contributed by atoms with Crippen LogP contribution in [0.25, 0.3) is 0 Å². The van der Waals surface area contributed by atoms with Gasteiger partial charge in [-0.2, -0.15) is 0 Å². The van der Waals surface area contributed by atoms with Crippen molar-refractivity contribution in [2.75, 3.05) is 6.61 Å². The zero-order valence-electron chi connectivity index (χ0n) is 18.3. The highest BCUT2D eigenvalue weighted by molar-refractivity contribution is 5.94. The lowest BCUT2D eigenvalue weighted by Crippen LogP contribution is -2.37. The molecule has 33 heavy (non-hydrogen) atoms. The van der Waals surface area contributed by atoms with Crippen LogP contribution in [0.15, 0.2) is 48.5 Å². The minimum absolute atomic E-state index is 0.203. The fourth-order valence-electron chi connectivity index (χ4n) is 3.76. The highest BCUT2D eigenvalue weighted by Gasteiger charge is 2.46. The van der Waals surface area contributed by atoms with E-state index in [1.165, 1.54) is 16.8 Å². The average Bonchev–Trinajstić information content (AvgIpc) is 3.48. The van der Waals surface area contributed by atoms with Gasteiger partial charge >= 0.3 is 5.97 Å². The second kappa shape index (κ2) is 9.40. The zero-order chi connectivity index (χ0) is 23.4. The third kappa shape index (κ3) is 5.02. The second-order valence-electron chi connectivity index (χ2n) is 8.08. The summed E-state index contributed by atoms with van der Waals surface area (Å²) in [6, 6.07) is 12.3. The predicted molar refractivity (Wildman–Crippen MR) is 118 cm³/mol. The maximum Gasteiger partial charge on any atom is 0.335 e. The van der Waals surface area contributed by atoms with E-state index in [2.05, 4.69) is 15.6 Å². The summed E-state index contributed by atoms with van der Waals surface area (Å²) in [4.78, 5) is 24.4. The molecule has 1 aliphatic carbocycles. The normalized spacial score (nSPS) is 14.0. The van der Waals surface area contributed by atoms with Gasteiger partial charge in [0.15, 0.2) is 0 Å². The van der Waals surface area contributed by atoms with E-state index < -0.39 is 11.5 Å². The van der Waals surface area contributed by atoms with Gasteiger partial charge in [0.25, 0.3) is 5.91 Å². The molecule has 3 aromatic rings. The Morgan fingerprint density at radius 3 is 2.45 bits per heavy atom. The summed E-state index contributed by atoms with van der Waals surface area (Å²) in [5, 5.41) is 20.6. The van der Waals surface area contributed by atoms with E-state index in [-0.39, 0.29) is 23.9 Å². The molecular weight excluding hydrogens is 427 g/mol. The first-order valence-corrected chi connectivity index (χ1v) is 10.9. The molecule has 0 radical (unpaired) electrons. The van der Waals surface area contributed by atoms with Crippen molar-refractivity contribution in [3.8, 4) is 5.75 Å². The Hall–Kier alpha value is -3.75. The molecule has 0 bridgehead atoms. The van der Waals surface area contributed by atoms with Crippen molar-refractivity contribution in [1.29, 1.82) is 0 Å². The van der Waals surface area contributed by atoms with Crippen LogP contribution in [0.2, 0.25) is 0 Å². The van der Waals surface area contributed by atoms with Gasteiger partial charge in [-0.1, -0.05) is 30.7 Å². The maximum absolute atomic E-state index is 13.3. The van der Waals surface area contributed by atoms with Crippen LogP contribution in [0, 0.1) is 5.82 Å². The van der Waals surface area contributed by atoms with E-state index in [1.807, 2.05) is 6.92 Å². The molecule has 0 saturated heterocycles. The molecule has 4 rings (SSSR count). The lowest BCUT2D eigenvalue weighted by Gasteiger charge is -2.19. The van der Waals surface area contributed by atoms with Gasteiger partial charge in [-0.25, -0.2) is 13.9 Å². The zero-order valence-corrected chi connectivity index (χ0v) is 18.3. The highest BCUT2D eigenvalue weighted by atomic mass is 19.1. The Morgan fingerprint density at radius 1 is 1.15 bits per heavy atom. The van der Waals surface area contributed by atoms with Crippen molar-refractivity contribution < 1.29 is 23.8 Å². The standard InChI is InChI=1S/C24H25FN4O4/c1-2-3-20-21(29(28-27-20)14-15-33-19-10-8-18(25)9-11-19)22(30)26-24(12-13-24)17-6-4-16(5-7-17)23(31)32/h4-11H,2-3,12-15H2,1H3,(H,26,30)(H,31,32). The number of halogens is 1. The van der Waals surface area contributed by atoms with Crippen LogP contribution < -0.4 is 10.1 Å². The smallest absolute Gasteiger partial charge is 0.335 e. The molecule has 0 unspecified atom stereocenters. The molecule has 1 heterocycles. The van der Waals surface area contributed by atoms with Gasteiger partial charge in [0.2, 0.25) is 0 Å². The minimum Gasteiger partial charge on any atom is -0.492 e. The number of aryl methyl sites for hydroxylation is 1. The van der Waals surface area contributed by atoms with Crippen LogP contribution in [0.4, 0.5) is 4.39 Å². The molecule has 172 valence electrons. The Labute approximate surface area is 190 Å². The van der Waals surface area contributed by atoms with Crippen molar-refractivity contribution >= 4 is 11.9 Å². The number of hydrogen-bond acceptors (Lipinski definition) is 5. The molecule has 1 aliphatic rings. The van der Waals surface area contributed by atoms with E-state index in [0.717, 1.165) is 24.8 Å². The molecule has 0 atom stereocenters. The summed E-state index contributed by atoms with van der Waals surface area (Å²) in [5.74, 6) is -1.08. The van der Waals surface area contributed by atoms with Gasteiger partial charge in [-0.15, -0.1) is 5.10 Å². The number of hydrogen-bond donors (Lipinski definition) is 2. The topological polar surface area (TPSA) is 106 Å². The molecular formula is C24H25FN4O4. The van der Waals surface area contributed by atoms with Gasteiger partial charge in [-0.05, 0) is 61.2 Å². The molecule has 0 spiro atoms. The molecule has 1 amide bonds. The first-order chi connectivity index (χ1) is 15.9. The first-order valence-electron chi connectivity index (χ1n) is 10.9. The summed E-state index contributed by atoms with van der Waals surface area (Å²) in [6.07, 6.45) is 2.96. The lowest BCUT2D eigenvalue weighted by molar-refractivity contribution is 0.0696. The van der Waals surface area contributed by atoms with Crippen LogP contribution in [0.1, 0.15) is 58.3 Å². The van der Waals surface area contributed by atoms with Crippen LogP contribution in [-0.2, 0) is 18.5 Å². The van der Waals surface area contributed by atoms with Crippen LogP contribution in [0.3, 0.4) is 0 Å². The number of nitrogens with one attached hydrogen (secondary N) is 1. The molecule has 1 aromatic heterocycles. The summed E-state index contributed by atoms with van der Waals surface area (Å²) in [7, 11) is 0. The van der Waals surface area contributed by atoms with Crippen LogP contribution in [-0.4, -0.2) is 38.6 Å². The number of rotatable bonds is 10. The number of aromatic nitrogens is 3. The molecule has 0 aliphatic heterocycles. The number of ether oxygens (including phenoxy) is 1. The highest BCUT2D eigenvalue weighted by Crippen LogP contribution is 2.45. The second-order valence-corrected chi connectivity index (χ2v) is 8.08. The number of aromatic carboxylic acids is 1. The molecule has 1 fully saturated rings. The average molecular weight is 452 g/mol. The van der Waals surface area contributed by atoms with Crippen molar-refractivity contribution in [1.82, 2.24) is 20.3 Å². The molecule has 1 saturated carbocycles. The molecule has 2 N–H and O–H groups in total. The van der Waals surface area contributed by atoms with E-state index in [0.29, 0.717) is 30.1 Å². The van der Waals surface area contributed by atoms with Crippen molar-refractivity contribution in [2.45, 2.75) is 44.7 Å². The Kier molecular flexibility index (Phi) is 6.39. The minimum atomic E-state index is -0.988. The number of amides is 1. The van der Waals surface area contributed by atoms with Gasteiger partial charge in [0.1, 0.15) is 23.9 Å². The van der Waals surface area contributed by atoms with E-state index in [4.69, 9.17) is 9.84 Å². The molecule has 9 heteroatoms. The predicted octanol–water partition coefficient (Wildman–Crippen LogP) is 3.57. The Balaban J connectivity index is 1.48. The van der Waals surface area contributed by atoms with Gasteiger partial charge < -0.3 is 15.2 Å². The number of carbonyl (C=O) groups excluding carboxylic acids is 1. The molecule has 2 aromatic carbocycles. The van der Waals surface area contributed by atoms with E-state index in [9.17, 15) is 14.0 Å². The SMILES string of the molecule is CCCc1nnn(CCOc2ccc(F)cc2)c1C(=O)NC1(c2ccc(C(=O)O)cc2)CC1. The number of nitrogens with zero attached hydrogens (tertiary/aromatic N) is 3. The first kappa shape index (κ1) is 22.4. The number of benzene rings is 2. The molecule has 8 nitrogen and oxygen atoms in total. The summed E-state index contributed by atoms with van der Waals surface area (Å²) in [5.41, 5.74) is 1.57. The summed E-state index contributed by atoms with van der Waals surface area (Å²) in [6.45, 7) is 2.55. The third-order valence-corrected chi connectivity index (χ3v) is 5.68. The quantitative estimate of drug-likeness (QED) is 0.487. The monoisotopic (exact) mass is 452 g/mol. The largest absolute Gasteiger partial charge is 0.492 e. The van der Waals surface area contributed by atoms with Gasteiger partial charge in [-0.3, -0.25) is 4.79 Å². The van der Waals surface area contributed by atoms with Crippen molar-refractivity contribution in [3.63, 3.8) is 0 Å². The third-order valence-electron chi connectivity index (χ3n) is 5.68. The van der Waals surface area contributed by atoms with Gasteiger partial charge in [0, 0.05) is 0 Å². The Morgan fingerprint density at radius 2 is 1.85 bits per heavy atom. The van der Waals surface area contributed by atoms with Crippen LogP contribution >= 0.6 is 0 Å². The lowest BCUT2D eigenvalue weighted by atomic mass is 10.0. The number of carboxylic acids is 1. The van der Waals surface area contributed by atoms with Crippen molar-refractivity contribution in [3.05, 3.63) is 76.9 Å². The van der Waals surface area contributed by atoms with Gasteiger partial charge in [0.05, 0.1) is 23.3 Å². The number of carbonyl (C=O) groups is 2. The van der Waals surface area contributed by atoms with Crippen LogP contribution in [0.5, 0.6) is 5.75 Å². The summed E-state index contributed by atoms with van der Waals surface area (Å²) >= 11 is 0. The van der Waals surface area contributed by atoms with Crippen molar-refractivity contribution in [2.24, 2.45) is 0 Å².